The van der Waals surface area contributed by atoms with Gasteiger partial charge in [-0.2, -0.15) is 0 Å². The van der Waals surface area contributed by atoms with E-state index < -0.39 is 4.92 Å². The van der Waals surface area contributed by atoms with Gasteiger partial charge in [0.1, 0.15) is 22.8 Å². The Morgan fingerprint density at radius 1 is 1.07 bits per heavy atom. The van der Waals surface area contributed by atoms with E-state index in [1.807, 2.05) is 0 Å². The van der Waals surface area contributed by atoms with Crippen molar-refractivity contribution in [3.8, 4) is 28.4 Å². The summed E-state index contributed by atoms with van der Waals surface area (Å²) < 4.78 is 22.6. The van der Waals surface area contributed by atoms with Crippen molar-refractivity contribution in [1.29, 1.82) is 0 Å². The van der Waals surface area contributed by atoms with Gasteiger partial charge >= 0.3 is 0 Å². The zero-order valence-corrected chi connectivity index (χ0v) is 16.0. The molecule has 4 aromatic rings. The van der Waals surface area contributed by atoms with Crippen molar-refractivity contribution in [3.63, 3.8) is 0 Å². The molecule has 0 aliphatic carbocycles. The molecule has 11 heteroatoms. The molecule has 0 unspecified atom stereocenters. The van der Waals surface area contributed by atoms with Gasteiger partial charge in [0.15, 0.2) is 0 Å². The molecular weight excluding hydrogens is 384 g/mol. The minimum Gasteiger partial charge on any atom is -0.496 e. The van der Waals surface area contributed by atoms with Crippen LogP contribution in [0.2, 0.25) is 0 Å². The number of hydrogen-bond donors (Lipinski definition) is 0. The topological polar surface area (TPSA) is 129 Å². The zero-order valence-electron chi connectivity index (χ0n) is 16.0. The molecule has 0 saturated heterocycles. The molecular formula is C18H16N4O7. The average Bonchev–Trinajstić information content (AvgIpc) is 3.27. The van der Waals surface area contributed by atoms with E-state index in [1.165, 1.54) is 21.3 Å². The molecule has 0 aliphatic heterocycles. The highest BCUT2D eigenvalue weighted by atomic mass is 16.8. The minimum absolute atomic E-state index is 0.0173. The number of benzene rings is 2. The molecule has 0 aliphatic rings. The van der Waals surface area contributed by atoms with Crippen LogP contribution in [0.25, 0.3) is 32.9 Å². The van der Waals surface area contributed by atoms with Crippen LogP contribution in [0.3, 0.4) is 0 Å². The number of aryl methyl sites for hydroxylation is 1. The highest BCUT2D eigenvalue weighted by Gasteiger charge is 2.35. The Morgan fingerprint density at radius 3 is 2.24 bits per heavy atom. The van der Waals surface area contributed by atoms with Gasteiger partial charge in [0.2, 0.25) is 5.52 Å². The number of hydrogen-bond acceptors (Lipinski definition) is 8. The summed E-state index contributed by atoms with van der Waals surface area (Å²) in [5, 5.41) is 29.2. The molecule has 4 rings (SSSR count). The summed E-state index contributed by atoms with van der Waals surface area (Å²) in [5.41, 5.74) is -0.00156. The number of nitro groups is 1. The SMILES string of the molecule is COc1cc(OC)c(-c2c([N+](=O)[O-])c3cn(C)cc3c3no[n+]([O-])c23)c(OC)c1. The molecule has 0 N–H and O–H groups in total. The number of fused-ring (bicyclic) bond motifs is 3. The second-order valence-corrected chi connectivity index (χ2v) is 6.27. The zero-order chi connectivity index (χ0) is 20.9. The Balaban J connectivity index is 2.29. The second kappa shape index (κ2) is 6.55. The summed E-state index contributed by atoms with van der Waals surface area (Å²) in [6, 6.07) is 3.09. The van der Waals surface area contributed by atoms with Crippen LogP contribution in [0, 0.1) is 15.3 Å². The van der Waals surface area contributed by atoms with Crippen molar-refractivity contribution >= 4 is 27.5 Å². The summed E-state index contributed by atoms with van der Waals surface area (Å²) in [4.78, 5) is 11.7. The van der Waals surface area contributed by atoms with E-state index in [9.17, 15) is 15.3 Å². The van der Waals surface area contributed by atoms with Crippen molar-refractivity contribution in [2.75, 3.05) is 21.3 Å². The Kier molecular flexibility index (Phi) is 4.14. The number of aromatic nitrogens is 3. The van der Waals surface area contributed by atoms with Gasteiger partial charge < -0.3 is 24.0 Å². The molecule has 0 saturated carbocycles. The van der Waals surface area contributed by atoms with Gasteiger partial charge in [0.25, 0.3) is 11.2 Å². The number of methoxy groups -OCH3 is 3. The third-order valence-corrected chi connectivity index (χ3v) is 4.70. The van der Waals surface area contributed by atoms with Gasteiger partial charge in [-0.15, -0.1) is 0 Å². The van der Waals surface area contributed by atoms with E-state index >= 15 is 0 Å². The molecule has 29 heavy (non-hydrogen) atoms. The van der Waals surface area contributed by atoms with Crippen LogP contribution in [0.5, 0.6) is 17.2 Å². The highest BCUT2D eigenvalue weighted by Crippen LogP contribution is 2.50. The van der Waals surface area contributed by atoms with Gasteiger partial charge in [0, 0.05) is 36.7 Å². The van der Waals surface area contributed by atoms with E-state index in [-0.39, 0.29) is 44.2 Å². The number of ether oxygens (including phenoxy) is 3. The van der Waals surface area contributed by atoms with E-state index in [2.05, 4.69) is 5.16 Å². The molecule has 0 radical (unpaired) electrons. The Hall–Kier alpha value is -4.02. The monoisotopic (exact) mass is 400 g/mol. The fourth-order valence-corrected chi connectivity index (χ4v) is 3.52. The molecule has 150 valence electrons. The number of rotatable bonds is 5. The first-order valence-corrected chi connectivity index (χ1v) is 8.37. The van der Waals surface area contributed by atoms with Crippen LogP contribution in [-0.2, 0) is 7.05 Å². The lowest BCUT2D eigenvalue weighted by Crippen LogP contribution is -2.23. The van der Waals surface area contributed by atoms with E-state index in [0.29, 0.717) is 16.5 Å². The molecule has 11 nitrogen and oxygen atoms in total. The molecule has 2 aromatic heterocycles. The number of nitro benzene ring substituents is 1. The maximum absolute atomic E-state index is 12.5. The van der Waals surface area contributed by atoms with Crippen LogP contribution in [0.15, 0.2) is 29.2 Å². The molecule has 0 atom stereocenters. The highest BCUT2D eigenvalue weighted by molar-refractivity contribution is 6.16. The lowest BCUT2D eigenvalue weighted by molar-refractivity contribution is -0.782. The van der Waals surface area contributed by atoms with Crippen LogP contribution < -0.4 is 19.1 Å². The lowest BCUT2D eigenvalue weighted by atomic mass is 9.96. The van der Waals surface area contributed by atoms with Crippen molar-refractivity contribution in [2.24, 2.45) is 7.05 Å². The predicted molar refractivity (Wildman–Crippen MR) is 101 cm³/mol. The van der Waals surface area contributed by atoms with Crippen LogP contribution in [0.4, 0.5) is 5.69 Å². The van der Waals surface area contributed by atoms with Crippen molar-refractivity contribution < 1.29 is 28.7 Å². The third-order valence-electron chi connectivity index (χ3n) is 4.70. The predicted octanol–water partition coefficient (Wildman–Crippen LogP) is 2.55. The van der Waals surface area contributed by atoms with Gasteiger partial charge in [0.05, 0.1) is 42.6 Å². The normalized spacial score (nSPS) is 11.2. The van der Waals surface area contributed by atoms with E-state index in [0.717, 1.165) is 0 Å². The Bertz CT molecular complexity index is 1250. The molecule has 0 spiro atoms. The summed E-state index contributed by atoms with van der Waals surface area (Å²) in [6.07, 6.45) is 3.22. The fourth-order valence-electron chi connectivity index (χ4n) is 3.52. The second-order valence-electron chi connectivity index (χ2n) is 6.27. The molecule has 0 amide bonds. The van der Waals surface area contributed by atoms with Gasteiger partial charge in [-0.3, -0.25) is 14.7 Å². The maximum atomic E-state index is 12.5. The first-order chi connectivity index (χ1) is 13.9. The van der Waals surface area contributed by atoms with E-state index in [1.54, 1.807) is 36.1 Å². The average molecular weight is 400 g/mol. The summed E-state index contributed by atoms with van der Waals surface area (Å²) in [7, 11) is 5.99. The smallest absolute Gasteiger partial charge is 0.291 e. The third kappa shape index (κ3) is 2.58. The fraction of sp³-hybridized carbons (Fsp3) is 0.222. The largest absolute Gasteiger partial charge is 0.496 e. The maximum Gasteiger partial charge on any atom is 0.291 e. The van der Waals surface area contributed by atoms with Crippen molar-refractivity contribution in [3.05, 3.63) is 39.8 Å². The summed E-state index contributed by atoms with van der Waals surface area (Å²) in [6.45, 7) is 0. The van der Waals surface area contributed by atoms with Crippen LogP contribution in [-0.4, -0.2) is 36.0 Å². The quantitative estimate of drug-likeness (QED) is 0.284. The first kappa shape index (κ1) is 18.3. The summed E-state index contributed by atoms with van der Waals surface area (Å²) >= 11 is 0. The summed E-state index contributed by atoms with van der Waals surface area (Å²) in [5.74, 6) is 0.867. The molecule has 0 fully saturated rings. The van der Waals surface area contributed by atoms with Gasteiger partial charge in [-0.05, 0) is 4.90 Å². The molecule has 0 bridgehead atoms. The first-order valence-electron chi connectivity index (χ1n) is 8.37. The van der Waals surface area contributed by atoms with Gasteiger partial charge in [-0.1, -0.05) is 0 Å². The van der Waals surface area contributed by atoms with Crippen LogP contribution >= 0.6 is 0 Å². The lowest BCUT2D eigenvalue weighted by Gasteiger charge is -2.15. The van der Waals surface area contributed by atoms with E-state index in [4.69, 9.17) is 18.8 Å². The van der Waals surface area contributed by atoms with Crippen LogP contribution in [0.1, 0.15) is 0 Å². The standard InChI is InChI=1S/C18H16N4O7/c1-20-7-10-11(8-20)17(21(23)24)15(18-16(10)19-29-22(18)25)14-12(27-3)5-9(26-2)6-13(14)28-4/h5-8H,1-4H3. The Labute approximate surface area is 163 Å². The van der Waals surface area contributed by atoms with Crippen molar-refractivity contribution in [1.82, 2.24) is 9.72 Å². The van der Waals surface area contributed by atoms with Crippen molar-refractivity contribution in [2.45, 2.75) is 0 Å². The minimum atomic E-state index is -0.548. The molecule has 2 heterocycles. The Morgan fingerprint density at radius 2 is 1.69 bits per heavy atom. The molecule has 2 aromatic carbocycles. The number of nitrogens with zero attached hydrogens (tertiary/aromatic N) is 4. The van der Waals surface area contributed by atoms with Gasteiger partial charge in [-0.25, -0.2) is 0 Å².